The minimum atomic E-state index is -0.264. The smallest absolute Gasteiger partial charge is 0.262 e. The first-order chi connectivity index (χ1) is 12.6. The first-order valence-electron chi connectivity index (χ1n) is 8.27. The van der Waals surface area contributed by atoms with Gasteiger partial charge in [-0.15, -0.1) is 0 Å². The van der Waals surface area contributed by atoms with E-state index in [0.29, 0.717) is 43.3 Å². The van der Waals surface area contributed by atoms with Crippen LogP contribution in [0.25, 0.3) is 0 Å². The number of morpholine rings is 1. The molecule has 0 aliphatic carbocycles. The van der Waals surface area contributed by atoms with Gasteiger partial charge in [0, 0.05) is 28.8 Å². The summed E-state index contributed by atoms with van der Waals surface area (Å²) in [5.74, 6) is 0.333. The van der Waals surface area contributed by atoms with Gasteiger partial charge in [-0.25, -0.2) is 0 Å². The molecule has 1 N–H and O–H groups in total. The second-order valence-corrected chi connectivity index (χ2v) is 6.69. The highest BCUT2D eigenvalue weighted by Gasteiger charge is 2.18. The summed E-state index contributed by atoms with van der Waals surface area (Å²) in [5, 5.41) is 2.75. The Labute approximate surface area is 160 Å². The summed E-state index contributed by atoms with van der Waals surface area (Å²) in [6, 6.07) is 14.1. The molecule has 0 unspecified atom stereocenters. The zero-order valence-electron chi connectivity index (χ0n) is 14.1. The van der Waals surface area contributed by atoms with E-state index >= 15 is 0 Å². The van der Waals surface area contributed by atoms with Crippen LogP contribution in [0, 0.1) is 0 Å². The summed E-state index contributed by atoms with van der Waals surface area (Å²) in [6.07, 6.45) is 0. The Kier molecular flexibility index (Phi) is 6.25. The zero-order valence-corrected chi connectivity index (χ0v) is 15.7. The monoisotopic (exact) mass is 418 g/mol. The van der Waals surface area contributed by atoms with Gasteiger partial charge in [0.2, 0.25) is 0 Å². The number of nitrogens with zero attached hydrogens (tertiary/aromatic N) is 1. The van der Waals surface area contributed by atoms with E-state index < -0.39 is 0 Å². The number of nitrogens with one attached hydrogen (secondary N) is 1. The molecule has 0 bridgehead atoms. The largest absolute Gasteiger partial charge is 0.484 e. The van der Waals surface area contributed by atoms with Gasteiger partial charge in [-0.1, -0.05) is 15.9 Å². The zero-order chi connectivity index (χ0) is 18.4. The number of carbonyl (C=O) groups is 2. The molecule has 0 spiro atoms. The highest BCUT2D eigenvalue weighted by atomic mass is 79.9. The van der Waals surface area contributed by atoms with Gasteiger partial charge in [-0.05, 0) is 48.5 Å². The minimum Gasteiger partial charge on any atom is -0.484 e. The molecule has 3 rings (SSSR count). The molecule has 1 saturated heterocycles. The van der Waals surface area contributed by atoms with Crippen molar-refractivity contribution >= 4 is 33.4 Å². The molecular weight excluding hydrogens is 400 g/mol. The van der Waals surface area contributed by atoms with Crippen LogP contribution in [0.2, 0.25) is 0 Å². The molecule has 1 fully saturated rings. The SMILES string of the molecule is O=C(COc1ccc(Br)cc1)Nc1ccc(C(=O)N2CCOCC2)cc1. The predicted octanol–water partition coefficient (Wildman–Crippen LogP) is 2.94. The molecule has 6 nitrogen and oxygen atoms in total. The highest BCUT2D eigenvalue weighted by Crippen LogP contribution is 2.16. The third-order valence-electron chi connectivity index (χ3n) is 3.90. The van der Waals surface area contributed by atoms with Crippen LogP contribution in [0.5, 0.6) is 5.75 Å². The maximum absolute atomic E-state index is 12.4. The fraction of sp³-hybridized carbons (Fsp3) is 0.263. The van der Waals surface area contributed by atoms with Gasteiger partial charge in [0.15, 0.2) is 6.61 Å². The Hall–Kier alpha value is -2.38. The van der Waals surface area contributed by atoms with Gasteiger partial charge < -0.3 is 19.7 Å². The van der Waals surface area contributed by atoms with Crippen LogP contribution in [0.15, 0.2) is 53.0 Å². The number of anilines is 1. The number of halogens is 1. The molecule has 2 aromatic carbocycles. The van der Waals surface area contributed by atoms with Crippen LogP contribution in [0.1, 0.15) is 10.4 Å². The molecule has 1 aliphatic heterocycles. The van der Waals surface area contributed by atoms with E-state index in [0.717, 1.165) is 4.47 Å². The van der Waals surface area contributed by atoms with Crippen LogP contribution < -0.4 is 10.1 Å². The van der Waals surface area contributed by atoms with Gasteiger partial charge in [-0.2, -0.15) is 0 Å². The molecule has 0 saturated carbocycles. The quantitative estimate of drug-likeness (QED) is 0.810. The second kappa shape index (κ2) is 8.82. The second-order valence-electron chi connectivity index (χ2n) is 5.77. The van der Waals surface area contributed by atoms with Crippen LogP contribution in [-0.2, 0) is 9.53 Å². The van der Waals surface area contributed by atoms with Gasteiger partial charge in [0.1, 0.15) is 5.75 Å². The summed E-state index contributed by atoms with van der Waals surface area (Å²) >= 11 is 3.34. The van der Waals surface area contributed by atoms with Crippen molar-refractivity contribution in [2.24, 2.45) is 0 Å². The third kappa shape index (κ3) is 5.06. The number of benzene rings is 2. The molecule has 0 atom stereocenters. The molecule has 2 aromatic rings. The molecule has 26 heavy (non-hydrogen) atoms. The van der Waals surface area contributed by atoms with E-state index in [1.807, 2.05) is 12.1 Å². The Balaban J connectivity index is 1.50. The van der Waals surface area contributed by atoms with E-state index in [9.17, 15) is 9.59 Å². The lowest BCUT2D eigenvalue weighted by atomic mass is 10.1. The van der Waals surface area contributed by atoms with E-state index in [4.69, 9.17) is 9.47 Å². The lowest BCUT2D eigenvalue weighted by Gasteiger charge is -2.26. The Morgan fingerprint density at radius 3 is 2.35 bits per heavy atom. The molecule has 0 aromatic heterocycles. The van der Waals surface area contributed by atoms with Crippen molar-refractivity contribution in [1.29, 1.82) is 0 Å². The number of hydrogen-bond acceptors (Lipinski definition) is 4. The number of rotatable bonds is 5. The summed E-state index contributed by atoms with van der Waals surface area (Å²) in [5.41, 5.74) is 1.21. The summed E-state index contributed by atoms with van der Waals surface area (Å²) in [7, 11) is 0. The van der Waals surface area contributed by atoms with Crippen molar-refractivity contribution < 1.29 is 19.1 Å². The molecule has 1 aliphatic rings. The molecule has 136 valence electrons. The molecule has 7 heteroatoms. The first-order valence-corrected chi connectivity index (χ1v) is 9.06. The van der Waals surface area contributed by atoms with Gasteiger partial charge in [0.25, 0.3) is 11.8 Å². The molecular formula is C19H19BrN2O4. The highest BCUT2D eigenvalue weighted by molar-refractivity contribution is 9.10. The van der Waals surface area contributed by atoms with Crippen LogP contribution in [0.3, 0.4) is 0 Å². The van der Waals surface area contributed by atoms with Crippen LogP contribution >= 0.6 is 15.9 Å². The fourth-order valence-corrected chi connectivity index (χ4v) is 2.79. The normalized spacial score (nSPS) is 14.0. The van der Waals surface area contributed by atoms with E-state index in [1.54, 1.807) is 41.3 Å². The van der Waals surface area contributed by atoms with Gasteiger partial charge in [0.05, 0.1) is 13.2 Å². The van der Waals surface area contributed by atoms with E-state index in [2.05, 4.69) is 21.2 Å². The number of amides is 2. The van der Waals surface area contributed by atoms with Crippen molar-refractivity contribution in [2.45, 2.75) is 0 Å². The van der Waals surface area contributed by atoms with Crippen molar-refractivity contribution in [3.05, 3.63) is 58.6 Å². The Morgan fingerprint density at radius 1 is 1.04 bits per heavy atom. The Morgan fingerprint density at radius 2 is 1.69 bits per heavy atom. The summed E-state index contributed by atoms with van der Waals surface area (Å²) in [4.78, 5) is 26.1. The average Bonchev–Trinajstić information content (AvgIpc) is 2.68. The third-order valence-corrected chi connectivity index (χ3v) is 4.43. The standard InChI is InChI=1S/C19H19BrN2O4/c20-15-3-7-17(8-4-15)26-13-18(23)21-16-5-1-14(2-6-16)19(24)22-9-11-25-12-10-22/h1-8H,9-13H2,(H,21,23). The summed E-state index contributed by atoms with van der Waals surface area (Å²) in [6.45, 7) is 2.25. The maximum Gasteiger partial charge on any atom is 0.262 e. The first kappa shape index (κ1) is 18.4. The fourth-order valence-electron chi connectivity index (χ4n) is 2.52. The van der Waals surface area contributed by atoms with Gasteiger partial charge in [-0.3, -0.25) is 9.59 Å². The number of hydrogen-bond donors (Lipinski definition) is 1. The van der Waals surface area contributed by atoms with E-state index in [1.165, 1.54) is 0 Å². The van der Waals surface area contributed by atoms with Crippen molar-refractivity contribution in [3.8, 4) is 5.75 Å². The van der Waals surface area contributed by atoms with Crippen molar-refractivity contribution in [3.63, 3.8) is 0 Å². The number of ether oxygens (including phenoxy) is 2. The van der Waals surface area contributed by atoms with Crippen LogP contribution in [-0.4, -0.2) is 49.6 Å². The predicted molar refractivity (Wildman–Crippen MR) is 101 cm³/mol. The summed E-state index contributed by atoms with van der Waals surface area (Å²) < 4.78 is 11.6. The molecule has 1 heterocycles. The lowest BCUT2D eigenvalue weighted by Crippen LogP contribution is -2.40. The minimum absolute atomic E-state index is 0.0234. The lowest BCUT2D eigenvalue weighted by molar-refractivity contribution is -0.118. The Bertz CT molecular complexity index is 756. The number of carbonyl (C=O) groups excluding carboxylic acids is 2. The van der Waals surface area contributed by atoms with Crippen LogP contribution in [0.4, 0.5) is 5.69 Å². The molecule has 2 amide bonds. The molecule has 0 radical (unpaired) electrons. The van der Waals surface area contributed by atoms with E-state index in [-0.39, 0.29) is 18.4 Å². The average molecular weight is 419 g/mol. The van der Waals surface area contributed by atoms with Crippen molar-refractivity contribution in [1.82, 2.24) is 4.90 Å². The maximum atomic E-state index is 12.4. The van der Waals surface area contributed by atoms with Crippen molar-refractivity contribution in [2.75, 3.05) is 38.2 Å². The van der Waals surface area contributed by atoms with Gasteiger partial charge >= 0.3 is 0 Å². The topological polar surface area (TPSA) is 67.9 Å².